The van der Waals surface area contributed by atoms with Crippen LogP contribution < -0.4 is 14.8 Å². The Hall–Kier alpha value is -2.54. The van der Waals surface area contributed by atoms with Gasteiger partial charge in [0.25, 0.3) is 0 Å². The summed E-state index contributed by atoms with van der Waals surface area (Å²) in [6, 6.07) is 3.55. The summed E-state index contributed by atoms with van der Waals surface area (Å²) in [6.07, 6.45) is 6.78. The predicted octanol–water partition coefficient (Wildman–Crippen LogP) is 3.40. The first kappa shape index (κ1) is 17.9. The van der Waals surface area contributed by atoms with Gasteiger partial charge >= 0.3 is 0 Å². The van der Waals surface area contributed by atoms with Crippen LogP contribution in [-0.2, 0) is 10.3 Å². The second-order valence-electron chi connectivity index (χ2n) is 6.78. The molecule has 0 bridgehead atoms. The number of rotatable bonds is 4. The summed E-state index contributed by atoms with van der Waals surface area (Å²) < 4.78 is 16.2. The molecule has 0 spiro atoms. The number of benzene rings is 1. The lowest BCUT2D eigenvalue weighted by Gasteiger charge is -2.26. The van der Waals surface area contributed by atoms with E-state index in [1.807, 2.05) is 0 Å². The van der Waals surface area contributed by atoms with Gasteiger partial charge < -0.3 is 19.3 Å². The van der Waals surface area contributed by atoms with Crippen molar-refractivity contribution in [2.75, 3.05) is 13.2 Å². The fourth-order valence-corrected chi connectivity index (χ4v) is 3.83. The molecule has 4 rings (SSSR count). The van der Waals surface area contributed by atoms with E-state index in [0.29, 0.717) is 41.5 Å². The number of carbonyl (C=O) groups is 1. The Morgan fingerprint density at radius 2 is 2.04 bits per heavy atom. The fourth-order valence-electron chi connectivity index (χ4n) is 3.55. The van der Waals surface area contributed by atoms with Crippen molar-refractivity contribution < 1.29 is 18.8 Å². The molecule has 0 unspecified atom stereocenters. The lowest BCUT2D eigenvalue weighted by atomic mass is 9.96. The van der Waals surface area contributed by atoms with E-state index in [2.05, 4.69) is 15.5 Å². The van der Waals surface area contributed by atoms with E-state index in [1.54, 1.807) is 25.1 Å². The van der Waals surface area contributed by atoms with E-state index in [4.69, 9.17) is 25.6 Å². The smallest absolute Gasteiger partial charge is 0.244 e. The largest absolute Gasteiger partial charge is 0.486 e. The molecular formula is C19H20ClN3O4. The molecule has 0 saturated heterocycles. The number of carbonyl (C=O) groups excluding carboxylic acids is 1. The molecule has 1 aromatic carbocycles. The Bertz CT molecular complexity index is 887. The van der Waals surface area contributed by atoms with E-state index in [0.717, 1.165) is 31.2 Å². The standard InChI is InChI=1S/C19H20ClN3O4/c1-12-21-18(23-27-12)19(6-2-3-7-19)22-16(24)5-4-13-10-14(20)17-15(11-13)25-8-9-26-17/h4-5,10-11H,2-3,6-9H2,1H3,(H,22,24)/b5-4+. The summed E-state index contributed by atoms with van der Waals surface area (Å²) in [7, 11) is 0. The van der Waals surface area contributed by atoms with Gasteiger partial charge in [-0.05, 0) is 36.6 Å². The summed E-state index contributed by atoms with van der Waals surface area (Å²) in [6.45, 7) is 2.69. The summed E-state index contributed by atoms with van der Waals surface area (Å²) >= 11 is 6.24. The van der Waals surface area contributed by atoms with E-state index >= 15 is 0 Å². The van der Waals surface area contributed by atoms with E-state index < -0.39 is 5.54 Å². The third-order valence-electron chi connectivity index (χ3n) is 4.82. The molecule has 7 nitrogen and oxygen atoms in total. The Morgan fingerprint density at radius 1 is 1.26 bits per heavy atom. The van der Waals surface area contributed by atoms with Crippen LogP contribution in [0.25, 0.3) is 6.08 Å². The normalized spacial score (nSPS) is 18.0. The van der Waals surface area contributed by atoms with Gasteiger partial charge in [0.05, 0.1) is 5.02 Å². The average molecular weight is 390 g/mol. The molecule has 142 valence electrons. The van der Waals surface area contributed by atoms with Crippen LogP contribution in [-0.4, -0.2) is 29.3 Å². The zero-order valence-electron chi connectivity index (χ0n) is 15.0. The van der Waals surface area contributed by atoms with Crippen molar-refractivity contribution in [1.82, 2.24) is 15.5 Å². The molecule has 27 heavy (non-hydrogen) atoms. The van der Waals surface area contributed by atoms with E-state index in [1.165, 1.54) is 6.08 Å². The van der Waals surface area contributed by atoms with Crippen molar-refractivity contribution in [3.8, 4) is 11.5 Å². The molecular weight excluding hydrogens is 370 g/mol. The Labute approximate surface area is 161 Å². The Morgan fingerprint density at radius 3 is 2.78 bits per heavy atom. The maximum absolute atomic E-state index is 12.6. The van der Waals surface area contributed by atoms with Gasteiger partial charge in [0.15, 0.2) is 17.3 Å². The van der Waals surface area contributed by atoms with Crippen LogP contribution in [0.5, 0.6) is 11.5 Å². The lowest BCUT2D eigenvalue weighted by Crippen LogP contribution is -2.44. The first-order chi connectivity index (χ1) is 13.1. The van der Waals surface area contributed by atoms with Gasteiger partial charge in [-0.15, -0.1) is 0 Å². The zero-order valence-corrected chi connectivity index (χ0v) is 15.7. The molecule has 2 aliphatic rings. The van der Waals surface area contributed by atoms with Gasteiger partial charge in [-0.2, -0.15) is 4.98 Å². The van der Waals surface area contributed by atoms with Crippen LogP contribution in [0.3, 0.4) is 0 Å². The maximum Gasteiger partial charge on any atom is 0.244 e. The molecule has 2 aromatic rings. The molecule has 8 heteroatoms. The number of halogens is 1. The highest BCUT2D eigenvalue weighted by Crippen LogP contribution is 2.39. The Kier molecular flexibility index (Phi) is 4.78. The van der Waals surface area contributed by atoms with Crippen molar-refractivity contribution in [3.63, 3.8) is 0 Å². The van der Waals surface area contributed by atoms with Crippen LogP contribution in [0.4, 0.5) is 0 Å². The average Bonchev–Trinajstić information content (AvgIpc) is 3.30. The number of aromatic nitrogens is 2. The van der Waals surface area contributed by atoms with Crippen molar-refractivity contribution >= 4 is 23.6 Å². The van der Waals surface area contributed by atoms with Gasteiger partial charge in [0.1, 0.15) is 18.8 Å². The molecule has 1 fully saturated rings. The number of hydrogen-bond donors (Lipinski definition) is 1. The first-order valence-electron chi connectivity index (χ1n) is 8.96. The van der Waals surface area contributed by atoms with E-state index in [9.17, 15) is 4.79 Å². The molecule has 0 atom stereocenters. The van der Waals surface area contributed by atoms with Crippen LogP contribution in [0.15, 0.2) is 22.7 Å². The van der Waals surface area contributed by atoms with Gasteiger partial charge in [-0.1, -0.05) is 29.6 Å². The summed E-state index contributed by atoms with van der Waals surface area (Å²) in [5.41, 5.74) is 0.194. The number of nitrogens with one attached hydrogen (secondary N) is 1. The van der Waals surface area contributed by atoms with Gasteiger partial charge in [-0.3, -0.25) is 4.79 Å². The molecule has 1 aliphatic heterocycles. The maximum atomic E-state index is 12.6. The summed E-state index contributed by atoms with van der Waals surface area (Å²) in [4.78, 5) is 16.9. The minimum absolute atomic E-state index is 0.217. The third-order valence-corrected chi connectivity index (χ3v) is 5.10. The summed E-state index contributed by atoms with van der Waals surface area (Å²) in [5, 5.41) is 7.56. The van der Waals surface area contributed by atoms with Crippen LogP contribution >= 0.6 is 11.6 Å². The number of nitrogens with zero attached hydrogens (tertiary/aromatic N) is 2. The fraction of sp³-hybridized carbons (Fsp3) is 0.421. The monoisotopic (exact) mass is 389 g/mol. The molecule has 1 amide bonds. The Balaban J connectivity index is 1.51. The van der Waals surface area contributed by atoms with Gasteiger partial charge in [0, 0.05) is 13.0 Å². The number of amides is 1. The summed E-state index contributed by atoms with van der Waals surface area (Å²) in [5.74, 6) is 1.95. The highest BCUT2D eigenvalue weighted by Gasteiger charge is 2.40. The zero-order chi connectivity index (χ0) is 18.9. The predicted molar refractivity (Wildman–Crippen MR) is 98.8 cm³/mol. The SMILES string of the molecule is Cc1nc(C2(NC(=O)/C=C/c3cc(Cl)c4c(c3)OCCO4)CCCC2)no1. The van der Waals surface area contributed by atoms with Crippen molar-refractivity contribution in [1.29, 1.82) is 0 Å². The number of ether oxygens (including phenoxy) is 2. The topological polar surface area (TPSA) is 86.5 Å². The van der Waals surface area contributed by atoms with Gasteiger partial charge in [-0.25, -0.2) is 0 Å². The highest BCUT2D eigenvalue weighted by molar-refractivity contribution is 6.32. The first-order valence-corrected chi connectivity index (χ1v) is 9.34. The van der Waals surface area contributed by atoms with Crippen molar-refractivity contribution in [2.45, 2.75) is 38.1 Å². The second-order valence-corrected chi connectivity index (χ2v) is 7.18. The van der Waals surface area contributed by atoms with Crippen molar-refractivity contribution in [3.05, 3.63) is 40.5 Å². The third kappa shape index (κ3) is 3.64. The minimum atomic E-state index is -0.566. The van der Waals surface area contributed by atoms with Crippen LogP contribution in [0.1, 0.15) is 43.0 Å². The van der Waals surface area contributed by atoms with Crippen molar-refractivity contribution in [2.24, 2.45) is 0 Å². The molecule has 0 radical (unpaired) electrons. The number of aryl methyl sites for hydroxylation is 1. The number of hydrogen-bond acceptors (Lipinski definition) is 6. The van der Waals surface area contributed by atoms with Crippen LogP contribution in [0.2, 0.25) is 5.02 Å². The molecule has 2 heterocycles. The van der Waals surface area contributed by atoms with Crippen LogP contribution in [0, 0.1) is 6.92 Å². The highest BCUT2D eigenvalue weighted by atomic mass is 35.5. The quantitative estimate of drug-likeness (QED) is 0.806. The molecule has 1 N–H and O–H groups in total. The minimum Gasteiger partial charge on any atom is -0.486 e. The molecule has 1 saturated carbocycles. The van der Waals surface area contributed by atoms with Gasteiger partial charge in [0.2, 0.25) is 11.8 Å². The second kappa shape index (κ2) is 7.23. The molecule has 1 aromatic heterocycles. The van der Waals surface area contributed by atoms with E-state index in [-0.39, 0.29) is 5.91 Å². The number of fused-ring (bicyclic) bond motifs is 1. The molecule has 1 aliphatic carbocycles. The lowest BCUT2D eigenvalue weighted by molar-refractivity contribution is -0.118.